The molecule has 4 unspecified atom stereocenters. The molecule has 46 heavy (non-hydrogen) atoms. The molecule has 2 aliphatic rings. The maximum atomic E-state index is 16.3. The quantitative estimate of drug-likeness (QED) is 0.0631. The molecule has 0 aromatic heterocycles. The molecular formula is C38H54ClFN6. The Bertz CT molecular complexity index is 1410. The lowest BCUT2D eigenvalue weighted by atomic mass is 9.96. The van der Waals surface area contributed by atoms with E-state index in [2.05, 4.69) is 58.7 Å². The van der Waals surface area contributed by atoms with Crippen LogP contribution in [0.4, 0.5) is 4.39 Å². The van der Waals surface area contributed by atoms with Crippen molar-refractivity contribution in [2.24, 2.45) is 15.9 Å². The van der Waals surface area contributed by atoms with Crippen molar-refractivity contribution in [1.29, 1.82) is 0 Å². The van der Waals surface area contributed by atoms with E-state index in [-0.39, 0.29) is 0 Å². The van der Waals surface area contributed by atoms with Crippen molar-refractivity contribution in [1.82, 2.24) is 21.1 Å². The number of allylic oxidation sites excluding steroid dienone is 4. The molecule has 0 radical (unpaired) electrons. The summed E-state index contributed by atoms with van der Waals surface area (Å²) < 4.78 is 16.3. The van der Waals surface area contributed by atoms with Crippen molar-refractivity contribution in [2.75, 3.05) is 27.2 Å². The van der Waals surface area contributed by atoms with Crippen LogP contribution < -0.4 is 16.1 Å². The van der Waals surface area contributed by atoms with Crippen molar-refractivity contribution in [2.45, 2.75) is 96.2 Å². The van der Waals surface area contributed by atoms with Gasteiger partial charge in [-0.3, -0.25) is 5.43 Å². The Morgan fingerprint density at radius 1 is 1.11 bits per heavy atom. The van der Waals surface area contributed by atoms with E-state index in [1.165, 1.54) is 44.7 Å². The van der Waals surface area contributed by atoms with Gasteiger partial charge in [-0.15, -0.1) is 0 Å². The lowest BCUT2D eigenvalue weighted by Gasteiger charge is -2.26. The number of amidine groups is 1. The van der Waals surface area contributed by atoms with Crippen LogP contribution in [0.3, 0.4) is 0 Å². The van der Waals surface area contributed by atoms with Crippen LogP contribution >= 0.6 is 11.6 Å². The van der Waals surface area contributed by atoms with E-state index in [9.17, 15) is 0 Å². The molecule has 2 fully saturated rings. The first-order valence-corrected chi connectivity index (χ1v) is 17.5. The van der Waals surface area contributed by atoms with Crippen LogP contribution in [-0.2, 0) is 0 Å². The summed E-state index contributed by atoms with van der Waals surface area (Å²) in [5.41, 5.74) is 5.84. The topological polar surface area (TPSA) is 64.0 Å². The number of benzene rings is 2. The van der Waals surface area contributed by atoms with Crippen LogP contribution in [0.1, 0.15) is 83.6 Å². The number of nitrogens with zero attached hydrogens (tertiary/aromatic N) is 3. The first-order chi connectivity index (χ1) is 22.3. The minimum atomic E-state index is -0.504. The van der Waals surface area contributed by atoms with Crippen LogP contribution in [0.5, 0.6) is 0 Å². The monoisotopic (exact) mass is 648 g/mol. The molecule has 0 amide bonds. The van der Waals surface area contributed by atoms with Gasteiger partial charge in [-0.2, -0.15) is 0 Å². The van der Waals surface area contributed by atoms with Gasteiger partial charge in [0, 0.05) is 50.3 Å². The summed E-state index contributed by atoms with van der Waals surface area (Å²) in [6, 6.07) is 15.2. The maximum Gasteiger partial charge on any atom is 0.150 e. The molecule has 0 spiro atoms. The molecule has 1 heterocycles. The fourth-order valence-electron chi connectivity index (χ4n) is 7.00. The number of nitrogens with one attached hydrogen (secondary N) is 3. The molecular weight excluding hydrogens is 595 g/mol. The van der Waals surface area contributed by atoms with E-state index in [0.29, 0.717) is 47.5 Å². The molecule has 250 valence electrons. The molecule has 4 rings (SSSR count). The van der Waals surface area contributed by atoms with E-state index in [1.54, 1.807) is 0 Å². The number of likely N-dealkylation sites (N-methyl/N-ethyl adjacent to an activating group) is 1. The highest BCUT2D eigenvalue weighted by Crippen LogP contribution is 2.36. The summed E-state index contributed by atoms with van der Waals surface area (Å²) in [5.74, 6) is 0.771. The second-order valence-corrected chi connectivity index (χ2v) is 13.5. The zero-order valence-corrected chi connectivity index (χ0v) is 29.1. The SMILES string of the molecule is C=NC(CCN(C)NC1CCCCC(CC)C1)=N/C=C(F)/C(=C(Cl)\C=C(/C)CC1CCC(CNC)N1)c1cccc2ccccc12. The van der Waals surface area contributed by atoms with Crippen molar-refractivity contribution in [3.8, 4) is 0 Å². The predicted molar refractivity (Wildman–Crippen MR) is 196 cm³/mol. The van der Waals surface area contributed by atoms with Gasteiger partial charge in [-0.05, 0) is 81.1 Å². The Labute approximate surface area is 281 Å². The van der Waals surface area contributed by atoms with E-state index in [0.717, 1.165) is 53.6 Å². The highest BCUT2D eigenvalue weighted by atomic mass is 35.5. The van der Waals surface area contributed by atoms with E-state index >= 15 is 4.39 Å². The van der Waals surface area contributed by atoms with Crippen LogP contribution in [0.25, 0.3) is 16.3 Å². The van der Waals surface area contributed by atoms with Gasteiger partial charge in [0.05, 0.1) is 11.2 Å². The van der Waals surface area contributed by atoms with Crippen LogP contribution in [0, 0.1) is 5.92 Å². The second kappa shape index (κ2) is 18.6. The number of hydrogen-bond donors (Lipinski definition) is 3. The van der Waals surface area contributed by atoms with Crippen molar-refractivity contribution in [3.63, 3.8) is 0 Å². The Morgan fingerprint density at radius 3 is 2.65 bits per heavy atom. The van der Waals surface area contributed by atoms with E-state index in [1.807, 2.05) is 55.6 Å². The zero-order valence-electron chi connectivity index (χ0n) is 28.3. The average molecular weight is 649 g/mol. The van der Waals surface area contributed by atoms with Gasteiger partial charge in [0.25, 0.3) is 0 Å². The summed E-state index contributed by atoms with van der Waals surface area (Å²) >= 11 is 7.00. The lowest BCUT2D eigenvalue weighted by Crippen LogP contribution is -2.43. The fraction of sp³-hybridized carbons (Fsp3) is 0.526. The molecule has 2 aromatic rings. The highest BCUT2D eigenvalue weighted by molar-refractivity contribution is 6.35. The van der Waals surface area contributed by atoms with Crippen molar-refractivity contribution < 1.29 is 4.39 Å². The van der Waals surface area contributed by atoms with Gasteiger partial charge in [0.2, 0.25) is 0 Å². The van der Waals surface area contributed by atoms with Crippen LogP contribution in [0.2, 0.25) is 0 Å². The maximum absolute atomic E-state index is 16.3. The second-order valence-electron chi connectivity index (χ2n) is 13.1. The van der Waals surface area contributed by atoms with Crippen molar-refractivity contribution >= 4 is 40.5 Å². The van der Waals surface area contributed by atoms with Crippen molar-refractivity contribution in [3.05, 3.63) is 76.7 Å². The Kier molecular flexibility index (Phi) is 14.6. The normalized spacial score (nSPS) is 23.9. The van der Waals surface area contributed by atoms with Gasteiger partial charge in [0.1, 0.15) is 5.84 Å². The number of hydrogen-bond acceptors (Lipinski definition) is 5. The lowest BCUT2D eigenvalue weighted by molar-refractivity contribution is 0.182. The third kappa shape index (κ3) is 10.7. The van der Waals surface area contributed by atoms with E-state index in [4.69, 9.17) is 11.6 Å². The number of rotatable bonds is 14. The minimum Gasteiger partial charge on any atom is -0.318 e. The molecule has 1 saturated carbocycles. The average Bonchev–Trinajstić information content (AvgIpc) is 3.35. The highest BCUT2D eigenvalue weighted by Gasteiger charge is 2.24. The van der Waals surface area contributed by atoms with Gasteiger partial charge in [0.15, 0.2) is 5.83 Å². The summed E-state index contributed by atoms with van der Waals surface area (Å²) in [4.78, 5) is 8.60. The number of aliphatic imine (C=N–C) groups is 2. The number of hydrazine groups is 1. The molecule has 3 N–H and O–H groups in total. The molecule has 6 nitrogen and oxygen atoms in total. The Morgan fingerprint density at radius 2 is 1.87 bits per heavy atom. The van der Waals surface area contributed by atoms with Crippen LogP contribution in [-0.4, -0.2) is 62.9 Å². The molecule has 1 aliphatic heterocycles. The minimum absolute atomic E-state index is 0.329. The van der Waals surface area contributed by atoms with Crippen LogP contribution in [0.15, 0.2) is 81.2 Å². The molecule has 8 heteroatoms. The molecule has 1 saturated heterocycles. The fourth-order valence-corrected chi connectivity index (χ4v) is 7.37. The zero-order chi connectivity index (χ0) is 32.9. The Balaban J connectivity index is 1.54. The summed E-state index contributed by atoms with van der Waals surface area (Å²) in [7, 11) is 4.04. The molecule has 0 bridgehead atoms. The molecule has 2 aromatic carbocycles. The van der Waals surface area contributed by atoms with Gasteiger partial charge < -0.3 is 10.6 Å². The number of halogens is 2. The standard InChI is InChI=1S/C38H54ClFN6/c1-6-28-12-7-9-15-31(24-28)45-46(5)21-20-37(42-4)43-26-36(40)38(34-17-11-14-29-13-8-10-16-33(29)34)35(39)23-27(2)22-30-18-19-32(44-30)25-41-3/h8,10-11,13-14,16-17,23,26,28,30-32,41,44-45H,4,6-7,9,12,15,18-22,24-25H2,1-3,5H3/b27-23+,36-26-,38-35+,43-37?. The Hall–Kier alpha value is -2.68. The van der Waals surface area contributed by atoms with Gasteiger partial charge >= 0.3 is 0 Å². The van der Waals surface area contributed by atoms with E-state index < -0.39 is 5.83 Å². The summed E-state index contributed by atoms with van der Waals surface area (Å²) in [6.45, 7) is 9.73. The largest absolute Gasteiger partial charge is 0.318 e. The third-order valence-electron chi connectivity index (χ3n) is 9.46. The first-order valence-electron chi connectivity index (χ1n) is 17.1. The first kappa shape index (κ1) is 36.2. The third-order valence-corrected chi connectivity index (χ3v) is 9.76. The smallest absolute Gasteiger partial charge is 0.150 e. The van der Waals surface area contributed by atoms with Gasteiger partial charge in [-0.25, -0.2) is 19.4 Å². The van der Waals surface area contributed by atoms with Gasteiger partial charge in [-0.1, -0.05) is 92.2 Å². The molecule has 4 atom stereocenters. The summed E-state index contributed by atoms with van der Waals surface area (Å²) in [5, 5.41) is 11.4. The number of fused-ring (bicyclic) bond motifs is 1. The molecule has 1 aliphatic carbocycles. The summed E-state index contributed by atoms with van der Waals surface area (Å²) in [6.07, 6.45) is 14.4. The predicted octanol–water partition coefficient (Wildman–Crippen LogP) is 8.56.